The minimum atomic E-state index is -1.43. The maximum absolute atomic E-state index is 11.7. The maximum Gasteiger partial charge on any atom is 0.340 e. The van der Waals surface area contributed by atoms with Gasteiger partial charge < -0.3 is 4.74 Å². The van der Waals surface area contributed by atoms with Crippen LogP contribution in [0.4, 0.5) is 0 Å². The first-order valence-electron chi connectivity index (χ1n) is 6.43. The first-order chi connectivity index (χ1) is 9.38. The Bertz CT molecular complexity index is 570. The van der Waals surface area contributed by atoms with Gasteiger partial charge in [-0.05, 0) is 24.1 Å². The van der Waals surface area contributed by atoms with Crippen molar-refractivity contribution in [1.29, 1.82) is 0 Å². The highest BCUT2D eigenvalue weighted by Gasteiger charge is 2.16. The Morgan fingerprint density at radius 2 is 2.15 bits per heavy atom. The normalized spacial score (nSPS) is 11.7. The second-order valence-electron chi connectivity index (χ2n) is 5.31. The van der Waals surface area contributed by atoms with Gasteiger partial charge in [0, 0.05) is 4.91 Å². The van der Waals surface area contributed by atoms with Crippen LogP contribution in [0, 0.1) is 0 Å². The highest BCUT2D eigenvalue weighted by atomic mass is 28.3. The van der Waals surface area contributed by atoms with Gasteiger partial charge in [-0.3, -0.25) is 0 Å². The van der Waals surface area contributed by atoms with E-state index >= 15 is 0 Å². The van der Waals surface area contributed by atoms with Gasteiger partial charge >= 0.3 is 5.97 Å². The highest BCUT2D eigenvalue weighted by Crippen LogP contribution is 2.11. The van der Waals surface area contributed by atoms with Crippen LogP contribution in [0.15, 0.2) is 35.1 Å². The lowest BCUT2D eigenvalue weighted by Gasteiger charge is -2.16. The van der Waals surface area contributed by atoms with E-state index in [9.17, 15) is 4.79 Å². The standard InChI is InChI=1S/C14H19N3O2Si/c1-5-19-14(18)13(16-17-15)10-11-7-6-8-12(9-11)20(2,3)4/h6-10H,5H2,1-4H3. The molecule has 0 aliphatic heterocycles. The molecule has 0 unspecified atom stereocenters. The third-order valence-electron chi connectivity index (χ3n) is 2.69. The van der Waals surface area contributed by atoms with Crippen LogP contribution in [0.2, 0.25) is 19.6 Å². The second kappa shape index (κ2) is 6.93. The zero-order chi connectivity index (χ0) is 15.2. The summed E-state index contributed by atoms with van der Waals surface area (Å²) in [4.78, 5) is 14.3. The molecule has 0 aromatic heterocycles. The molecule has 0 spiro atoms. The van der Waals surface area contributed by atoms with Crippen molar-refractivity contribution in [3.05, 3.63) is 46.0 Å². The molecule has 1 aromatic rings. The van der Waals surface area contributed by atoms with Crippen molar-refractivity contribution in [2.75, 3.05) is 6.61 Å². The van der Waals surface area contributed by atoms with Crippen LogP contribution in [0.3, 0.4) is 0 Å². The Labute approximate surface area is 119 Å². The topological polar surface area (TPSA) is 75.1 Å². The molecule has 0 radical (unpaired) electrons. The van der Waals surface area contributed by atoms with Gasteiger partial charge in [0.15, 0.2) is 0 Å². The van der Waals surface area contributed by atoms with Crippen LogP contribution in [-0.4, -0.2) is 20.7 Å². The molecule has 0 aliphatic rings. The molecule has 1 aromatic carbocycles. The van der Waals surface area contributed by atoms with E-state index in [2.05, 4.69) is 35.7 Å². The number of nitrogens with zero attached hydrogens (tertiary/aromatic N) is 3. The third-order valence-corrected chi connectivity index (χ3v) is 4.74. The van der Waals surface area contributed by atoms with E-state index in [1.807, 2.05) is 18.2 Å². The molecular weight excluding hydrogens is 270 g/mol. The molecule has 0 amide bonds. The van der Waals surface area contributed by atoms with Crippen molar-refractivity contribution in [3.8, 4) is 0 Å². The van der Waals surface area contributed by atoms with E-state index < -0.39 is 14.0 Å². The monoisotopic (exact) mass is 289 g/mol. The van der Waals surface area contributed by atoms with Crippen molar-refractivity contribution < 1.29 is 9.53 Å². The minimum absolute atomic E-state index is 0.0259. The van der Waals surface area contributed by atoms with Gasteiger partial charge in [0.2, 0.25) is 0 Å². The number of azide groups is 1. The summed E-state index contributed by atoms with van der Waals surface area (Å²) in [6.45, 7) is 8.68. The minimum Gasteiger partial charge on any atom is -0.462 e. The molecule has 5 nitrogen and oxygen atoms in total. The number of hydrogen-bond acceptors (Lipinski definition) is 3. The molecule has 1 rings (SSSR count). The van der Waals surface area contributed by atoms with Crippen molar-refractivity contribution in [3.63, 3.8) is 0 Å². The van der Waals surface area contributed by atoms with Crippen LogP contribution in [-0.2, 0) is 9.53 Å². The van der Waals surface area contributed by atoms with Crippen molar-refractivity contribution in [2.45, 2.75) is 26.6 Å². The molecule has 0 atom stereocenters. The SMILES string of the molecule is CCOC(=O)C(=Cc1cccc([Si](C)(C)C)c1)N=[N+]=[N-]. The third kappa shape index (κ3) is 4.57. The Hall–Kier alpha value is -2.04. The fourth-order valence-electron chi connectivity index (χ4n) is 1.63. The molecular formula is C14H19N3O2Si. The maximum atomic E-state index is 11.7. The predicted molar refractivity (Wildman–Crippen MR) is 83.2 cm³/mol. The Morgan fingerprint density at radius 3 is 2.70 bits per heavy atom. The number of rotatable bonds is 5. The van der Waals surface area contributed by atoms with Gasteiger partial charge in [0.25, 0.3) is 0 Å². The van der Waals surface area contributed by atoms with Crippen LogP contribution in [0.1, 0.15) is 12.5 Å². The fourth-order valence-corrected chi connectivity index (χ4v) is 2.83. The van der Waals surface area contributed by atoms with Crippen molar-refractivity contribution in [2.24, 2.45) is 5.11 Å². The smallest absolute Gasteiger partial charge is 0.340 e. The van der Waals surface area contributed by atoms with E-state index in [1.165, 1.54) is 5.19 Å². The number of hydrogen-bond donors (Lipinski definition) is 0. The lowest BCUT2D eigenvalue weighted by molar-refractivity contribution is -0.138. The number of carbonyl (C=O) groups excluding carboxylic acids is 1. The van der Waals surface area contributed by atoms with Gasteiger partial charge in [-0.1, -0.05) is 54.2 Å². The van der Waals surface area contributed by atoms with Gasteiger partial charge in [0.05, 0.1) is 14.7 Å². The lowest BCUT2D eigenvalue weighted by Crippen LogP contribution is -2.37. The second-order valence-corrected chi connectivity index (χ2v) is 10.4. The number of ether oxygens (including phenoxy) is 1. The quantitative estimate of drug-likeness (QED) is 0.208. The van der Waals surface area contributed by atoms with Crippen molar-refractivity contribution >= 4 is 25.3 Å². The fraction of sp³-hybridized carbons (Fsp3) is 0.357. The summed E-state index contributed by atoms with van der Waals surface area (Å²) in [5, 5.41) is 4.68. The summed E-state index contributed by atoms with van der Waals surface area (Å²) in [7, 11) is -1.43. The number of carbonyl (C=O) groups is 1. The first kappa shape index (κ1) is 16.0. The van der Waals surface area contributed by atoms with E-state index in [0.717, 1.165) is 5.56 Å². The summed E-state index contributed by atoms with van der Waals surface area (Å²) in [6.07, 6.45) is 1.56. The molecule has 0 saturated heterocycles. The number of esters is 1. The summed E-state index contributed by atoms with van der Waals surface area (Å²) in [5.74, 6) is -0.608. The zero-order valence-corrected chi connectivity index (χ0v) is 13.3. The molecule has 20 heavy (non-hydrogen) atoms. The first-order valence-corrected chi connectivity index (χ1v) is 9.93. The average molecular weight is 289 g/mol. The van der Waals surface area contributed by atoms with E-state index in [0.29, 0.717) is 0 Å². The molecule has 106 valence electrons. The molecule has 6 heteroatoms. The van der Waals surface area contributed by atoms with Gasteiger partial charge in [-0.25, -0.2) is 4.79 Å². The summed E-state index contributed by atoms with van der Waals surface area (Å²) >= 11 is 0. The summed E-state index contributed by atoms with van der Waals surface area (Å²) in [6, 6.07) is 7.92. The van der Waals surface area contributed by atoms with Crippen LogP contribution < -0.4 is 5.19 Å². The van der Waals surface area contributed by atoms with E-state index in [1.54, 1.807) is 13.0 Å². The largest absolute Gasteiger partial charge is 0.462 e. The number of benzene rings is 1. The average Bonchev–Trinajstić information content (AvgIpc) is 2.38. The molecule has 0 N–H and O–H groups in total. The molecule has 0 aliphatic carbocycles. The Morgan fingerprint density at radius 1 is 1.45 bits per heavy atom. The summed E-state index contributed by atoms with van der Waals surface area (Å²) < 4.78 is 4.86. The Kier molecular flexibility index (Phi) is 5.55. The Balaban J connectivity index is 3.18. The van der Waals surface area contributed by atoms with Gasteiger partial charge in [0.1, 0.15) is 5.70 Å². The molecule has 0 heterocycles. The van der Waals surface area contributed by atoms with Crippen LogP contribution in [0.25, 0.3) is 16.5 Å². The predicted octanol–water partition coefficient (Wildman–Crippen LogP) is 3.45. The molecule has 0 bridgehead atoms. The van der Waals surface area contributed by atoms with Gasteiger partial charge in [-0.15, -0.1) is 0 Å². The van der Waals surface area contributed by atoms with Crippen LogP contribution >= 0.6 is 0 Å². The molecule has 0 saturated carbocycles. The highest BCUT2D eigenvalue weighted by molar-refractivity contribution is 6.88. The summed E-state index contributed by atoms with van der Waals surface area (Å²) in [5.41, 5.74) is 9.34. The zero-order valence-electron chi connectivity index (χ0n) is 12.3. The van der Waals surface area contributed by atoms with Gasteiger partial charge in [-0.2, -0.15) is 0 Å². The van der Waals surface area contributed by atoms with E-state index in [4.69, 9.17) is 10.3 Å². The van der Waals surface area contributed by atoms with E-state index in [-0.39, 0.29) is 12.3 Å². The van der Waals surface area contributed by atoms with Crippen LogP contribution in [0.5, 0.6) is 0 Å². The lowest BCUT2D eigenvalue weighted by atomic mass is 10.2. The van der Waals surface area contributed by atoms with Crippen molar-refractivity contribution in [1.82, 2.24) is 0 Å². The molecule has 0 fully saturated rings.